The van der Waals surface area contributed by atoms with E-state index in [2.05, 4.69) is 52.2 Å². The van der Waals surface area contributed by atoms with Crippen molar-refractivity contribution in [3.05, 3.63) is 43.0 Å². The van der Waals surface area contributed by atoms with E-state index in [0.717, 1.165) is 6.54 Å². The number of nitrogens with zero attached hydrogens (tertiary/aromatic N) is 2. The standard InChI is InChI=1S/C10H13N2/c1-11-6-7-12(9-11)8-10-4-2-3-5-10/h2-7,9-10H,8H2,1H3/q+1. The molecule has 0 aliphatic heterocycles. The maximum absolute atomic E-state index is 2.22. The topological polar surface area (TPSA) is 8.81 Å². The van der Waals surface area contributed by atoms with E-state index in [9.17, 15) is 0 Å². The van der Waals surface area contributed by atoms with E-state index in [0.29, 0.717) is 5.92 Å². The highest BCUT2D eigenvalue weighted by Gasteiger charge is 2.08. The Hall–Kier alpha value is -1.31. The molecule has 0 unspecified atom stereocenters. The summed E-state index contributed by atoms with van der Waals surface area (Å²) < 4.78 is 4.26. The highest BCUT2D eigenvalue weighted by molar-refractivity contribution is 5.17. The summed E-state index contributed by atoms with van der Waals surface area (Å²) in [6.07, 6.45) is 14.9. The molecular formula is C10H13N2+. The van der Waals surface area contributed by atoms with Gasteiger partial charge in [-0.2, -0.15) is 0 Å². The lowest BCUT2D eigenvalue weighted by Crippen LogP contribution is -2.24. The molecule has 0 spiro atoms. The van der Waals surface area contributed by atoms with Gasteiger partial charge in [0.05, 0.1) is 13.6 Å². The number of imidazole rings is 1. The predicted octanol–water partition coefficient (Wildman–Crippen LogP) is 1.05. The molecule has 0 atom stereocenters. The lowest BCUT2D eigenvalue weighted by molar-refractivity contribution is -0.671. The maximum Gasteiger partial charge on any atom is 0.243 e. The molecule has 0 radical (unpaired) electrons. The number of aromatic nitrogens is 2. The molecule has 1 aliphatic rings. The fourth-order valence-electron chi connectivity index (χ4n) is 1.45. The molecule has 2 heteroatoms. The van der Waals surface area contributed by atoms with Gasteiger partial charge in [0, 0.05) is 5.92 Å². The summed E-state index contributed by atoms with van der Waals surface area (Å²) in [7, 11) is 2.04. The van der Waals surface area contributed by atoms with Gasteiger partial charge < -0.3 is 0 Å². The summed E-state index contributed by atoms with van der Waals surface area (Å²) in [4.78, 5) is 0. The molecular weight excluding hydrogens is 148 g/mol. The van der Waals surface area contributed by atoms with Crippen molar-refractivity contribution in [2.45, 2.75) is 6.54 Å². The number of hydrogen-bond acceptors (Lipinski definition) is 0. The third-order valence-corrected chi connectivity index (χ3v) is 2.07. The number of allylic oxidation sites excluding steroid dienone is 4. The maximum atomic E-state index is 2.22. The largest absolute Gasteiger partial charge is 0.243 e. The molecule has 0 N–H and O–H groups in total. The third kappa shape index (κ3) is 1.47. The van der Waals surface area contributed by atoms with Crippen LogP contribution in [0, 0.1) is 5.92 Å². The first-order valence-corrected chi connectivity index (χ1v) is 4.20. The molecule has 0 saturated carbocycles. The number of aryl methyl sites for hydroxylation is 1. The Labute approximate surface area is 72.4 Å². The van der Waals surface area contributed by atoms with Gasteiger partial charge in [-0.25, -0.2) is 9.13 Å². The van der Waals surface area contributed by atoms with Crippen LogP contribution < -0.4 is 4.57 Å². The average molecular weight is 161 g/mol. The molecule has 2 rings (SSSR count). The van der Waals surface area contributed by atoms with Crippen molar-refractivity contribution in [2.75, 3.05) is 0 Å². The SMILES string of the molecule is C[n+]1ccn(CC2C=CC=C2)c1. The van der Waals surface area contributed by atoms with E-state index in [1.165, 1.54) is 0 Å². The lowest BCUT2D eigenvalue weighted by Gasteiger charge is -1.99. The predicted molar refractivity (Wildman–Crippen MR) is 47.4 cm³/mol. The van der Waals surface area contributed by atoms with Crippen molar-refractivity contribution in [2.24, 2.45) is 13.0 Å². The first-order chi connectivity index (χ1) is 5.84. The molecule has 0 saturated heterocycles. The molecule has 2 nitrogen and oxygen atoms in total. The first-order valence-electron chi connectivity index (χ1n) is 4.20. The van der Waals surface area contributed by atoms with Gasteiger partial charge >= 0.3 is 0 Å². The van der Waals surface area contributed by atoms with E-state index < -0.39 is 0 Å². The average Bonchev–Trinajstić information content (AvgIpc) is 2.63. The van der Waals surface area contributed by atoms with Crippen molar-refractivity contribution in [3.8, 4) is 0 Å². The van der Waals surface area contributed by atoms with Gasteiger partial charge in [-0.15, -0.1) is 0 Å². The first kappa shape index (κ1) is 7.35. The summed E-state index contributed by atoms with van der Waals surface area (Å²) in [5.74, 6) is 0.581. The van der Waals surface area contributed by atoms with Gasteiger partial charge in [-0.3, -0.25) is 0 Å². The Morgan fingerprint density at radius 3 is 2.67 bits per heavy atom. The molecule has 0 fully saturated rings. The highest BCUT2D eigenvalue weighted by atomic mass is 15.1. The number of hydrogen-bond donors (Lipinski definition) is 0. The second kappa shape index (κ2) is 2.97. The van der Waals surface area contributed by atoms with Crippen molar-refractivity contribution in [1.29, 1.82) is 0 Å². The quantitative estimate of drug-likeness (QED) is 0.573. The zero-order chi connectivity index (χ0) is 8.39. The zero-order valence-corrected chi connectivity index (χ0v) is 7.22. The van der Waals surface area contributed by atoms with Crippen LogP contribution in [0.5, 0.6) is 0 Å². The molecule has 62 valence electrons. The van der Waals surface area contributed by atoms with Crippen molar-refractivity contribution >= 4 is 0 Å². The second-order valence-electron chi connectivity index (χ2n) is 3.21. The Balaban J connectivity index is 2.03. The van der Waals surface area contributed by atoms with Crippen LogP contribution in [0.25, 0.3) is 0 Å². The van der Waals surface area contributed by atoms with Crippen LogP contribution in [-0.2, 0) is 13.6 Å². The van der Waals surface area contributed by atoms with Gasteiger partial charge in [0.15, 0.2) is 0 Å². The lowest BCUT2D eigenvalue weighted by atomic mass is 10.2. The minimum absolute atomic E-state index is 0.581. The molecule has 1 aromatic rings. The van der Waals surface area contributed by atoms with Crippen LogP contribution >= 0.6 is 0 Å². The summed E-state index contributed by atoms with van der Waals surface area (Å²) in [6, 6.07) is 0. The van der Waals surface area contributed by atoms with Crippen LogP contribution in [0.3, 0.4) is 0 Å². The normalized spacial score (nSPS) is 16.1. The van der Waals surface area contributed by atoms with E-state index in [-0.39, 0.29) is 0 Å². The second-order valence-corrected chi connectivity index (χ2v) is 3.21. The monoisotopic (exact) mass is 161 g/mol. The zero-order valence-electron chi connectivity index (χ0n) is 7.22. The van der Waals surface area contributed by atoms with Crippen LogP contribution in [0.15, 0.2) is 43.0 Å². The highest BCUT2D eigenvalue weighted by Crippen LogP contribution is 2.10. The fraction of sp³-hybridized carbons (Fsp3) is 0.300. The smallest absolute Gasteiger partial charge is 0.240 e. The summed E-state index contributed by atoms with van der Waals surface area (Å²) in [5.41, 5.74) is 0. The molecule has 0 aromatic carbocycles. The van der Waals surface area contributed by atoms with Gasteiger partial charge in [0.1, 0.15) is 12.4 Å². The van der Waals surface area contributed by atoms with Crippen LogP contribution in [0.4, 0.5) is 0 Å². The molecule has 1 aliphatic carbocycles. The summed E-state index contributed by atoms with van der Waals surface area (Å²) in [6.45, 7) is 1.05. The van der Waals surface area contributed by atoms with Gasteiger partial charge in [-0.1, -0.05) is 24.3 Å². The minimum atomic E-state index is 0.581. The van der Waals surface area contributed by atoms with Crippen LogP contribution in [0.1, 0.15) is 0 Å². The molecule has 0 bridgehead atoms. The van der Waals surface area contributed by atoms with E-state index >= 15 is 0 Å². The Morgan fingerprint density at radius 1 is 1.33 bits per heavy atom. The molecule has 1 aromatic heterocycles. The van der Waals surface area contributed by atoms with Gasteiger partial charge in [-0.05, 0) is 0 Å². The van der Waals surface area contributed by atoms with Crippen LogP contribution in [-0.4, -0.2) is 4.57 Å². The fourth-order valence-corrected chi connectivity index (χ4v) is 1.45. The Bertz CT molecular complexity index is 308. The van der Waals surface area contributed by atoms with Crippen molar-refractivity contribution in [3.63, 3.8) is 0 Å². The Kier molecular flexibility index (Phi) is 1.82. The molecule has 12 heavy (non-hydrogen) atoms. The Morgan fingerprint density at radius 2 is 2.08 bits per heavy atom. The van der Waals surface area contributed by atoms with Gasteiger partial charge in [0.25, 0.3) is 0 Å². The van der Waals surface area contributed by atoms with Gasteiger partial charge in [0.2, 0.25) is 6.33 Å². The third-order valence-electron chi connectivity index (χ3n) is 2.07. The van der Waals surface area contributed by atoms with Crippen molar-refractivity contribution in [1.82, 2.24) is 4.57 Å². The minimum Gasteiger partial charge on any atom is -0.240 e. The summed E-state index contributed by atoms with van der Waals surface area (Å²) >= 11 is 0. The van der Waals surface area contributed by atoms with E-state index in [4.69, 9.17) is 0 Å². The van der Waals surface area contributed by atoms with E-state index in [1.807, 2.05) is 7.05 Å². The van der Waals surface area contributed by atoms with Crippen LogP contribution in [0.2, 0.25) is 0 Å². The van der Waals surface area contributed by atoms with Crippen molar-refractivity contribution < 1.29 is 4.57 Å². The van der Waals surface area contributed by atoms with E-state index in [1.54, 1.807) is 0 Å². The molecule has 0 amide bonds. The number of rotatable bonds is 2. The summed E-state index contributed by atoms with van der Waals surface area (Å²) in [5, 5.41) is 0. The molecule has 1 heterocycles.